The van der Waals surface area contributed by atoms with Crippen molar-refractivity contribution in [3.05, 3.63) is 87.6 Å². The second-order valence-electron chi connectivity index (χ2n) is 8.66. The number of amides is 2. The highest BCUT2D eigenvalue weighted by Gasteiger charge is 2.26. The molecule has 184 valence electrons. The normalized spacial score (nSPS) is 17.5. The zero-order valence-corrected chi connectivity index (χ0v) is 21.3. The van der Waals surface area contributed by atoms with Crippen LogP contribution in [0.4, 0.5) is 4.39 Å². The Morgan fingerprint density at radius 3 is 2.44 bits per heavy atom. The minimum atomic E-state index is -0.617. The van der Waals surface area contributed by atoms with Crippen molar-refractivity contribution in [2.45, 2.75) is 37.8 Å². The number of nitrogens with zero attached hydrogens (tertiary/aromatic N) is 3. The third kappa shape index (κ3) is 5.64. The van der Waals surface area contributed by atoms with E-state index < -0.39 is 11.7 Å². The highest BCUT2D eigenvalue weighted by molar-refractivity contribution is 14.1. The van der Waals surface area contributed by atoms with E-state index in [2.05, 4.69) is 43.3 Å². The van der Waals surface area contributed by atoms with Crippen LogP contribution in [0.5, 0.6) is 11.6 Å². The lowest BCUT2D eigenvalue weighted by atomic mass is 9.91. The molecule has 0 saturated heterocycles. The largest absolute Gasteiger partial charge is 0.438 e. The zero-order valence-electron chi connectivity index (χ0n) is 19.2. The molecule has 1 saturated carbocycles. The molecule has 3 aromatic heterocycles. The lowest BCUT2D eigenvalue weighted by Gasteiger charge is -2.29. The summed E-state index contributed by atoms with van der Waals surface area (Å²) in [4.78, 5) is 29.6. The van der Waals surface area contributed by atoms with Crippen molar-refractivity contribution >= 4 is 39.9 Å². The lowest BCUT2D eigenvalue weighted by Crippen LogP contribution is -2.44. The van der Waals surface area contributed by atoms with Crippen LogP contribution in [0.25, 0.3) is 5.52 Å². The number of aromatic nitrogens is 3. The first kappa shape index (κ1) is 24.2. The number of pyridine rings is 2. The molecule has 10 heteroatoms. The predicted octanol–water partition coefficient (Wildman–Crippen LogP) is 4.74. The Hall–Kier alpha value is -3.54. The Kier molecular flexibility index (Phi) is 7.12. The molecule has 1 aromatic carbocycles. The van der Waals surface area contributed by atoms with Crippen molar-refractivity contribution in [3.8, 4) is 11.6 Å². The highest BCUT2D eigenvalue weighted by atomic mass is 127. The molecular formula is C26H23FIN5O3. The molecular weight excluding hydrogens is 576 g/mol. The van der Waals surface area contributed by atoms with Crippen LogP contribution in [0.3, 0.4) is 0 Å². The number of carbonyl (C=O) groups excluding carboxylic acids is 2. The smallest absolute Gasteiger partial charge is 0.272 e. The Morgan fingerprint density at radius 1 is 0.972 bits per heavy atom. The van der Waals surface area contributed by atoms with E-state index in [4.69, 9.17) is 4.74 Å². The van der Waals surface area contributed by atoms with E-state index in [0.29, 0.717) is 37.1 Å². The SMILES string of the molecule is O=C(NC1CCC(NC(=O)c2cc(F)cnc2Oc2cccc(I)c2)CC1)c1cc2ccccn2n1. The quantitative estimate of drug-likeness (QED) is 0.313. The molecule has 0 unspecified atom stereocenters. The summed E-state index contributed by atoms with van der Waals surface area (Å²) in [5, 5.41) is 10.3. The van der Waals surface area contributed by atoms with Gasteiger partial charge in [-0.25, -0.2) is 13.9 Å². The van der Waals surface area contributed by atoms with Gasteiger partial charge in [0.2, 0.25) is 5.88 Å². The Labute approximate surface area is 220 Å². The predicted molar refractivity (Wildman–Crippen MR) is 140 cm³/mol. The molecule has 5 rings (SSSR count). The summed E-state index contributed by atoms with van der Waals surface area (Å²) in [7, 11) is 0. The summed E-state index contributed by atoms with van der Waals surface area (Å²) in [5.41, 5.74) is 1.26. The molecule has 0 spiro atoms. The molecule has 1 aliphatic rings. The standard InChI is InChI=1S/C26H23FIN5O3/c27-16-12-22(26(29-15-16)36-21-6-3-4-17(28)13-21)24(34)30-18-7-9-19(10-8-18)31-25(35)23-14-20-5-1-2-11-33(20)32-23/h1-6,11-15,18-19H,7-10H2,(H,30,34)(H,31,35). The van der Waals surface area contributed by atoms with Crippen LogP contribution >= 0.6 is 22.6 Å². The van der Waals surface area contributed by atoms with Crippen LogP contribution in [0.1, 0.15) is 46.5 Å². The maximum atomic E-state index is 13.9. The number of hydrogen-bond acceptors (Lipinski definition) is 5. The Morgan fingerprint density at radius 2 is 1.72 bits per heavy atom. The van der Waals surface area contributed by atoms with E-state index in [-0.39, 0.29) is 29.4 Å². The van der Waals surface area contributed by atoms with E-state index in [1.807, 2.05) is 30.3 Å². The van der Waals surface area contributed by atoms with Gasteiger partial charge in [0.05, 0.1) is 11.7 Å². The van der Waals surface area contributed by atoms with Gasteiger partial charge in [-0.15, -0.1) is 0 Å². The first-order valence-electron chi connectivity index (χ1n) is 11.6. The van der Waals surface area contributed by atoms with Gasteiger partial charge < -0.3 is 15.4 Å². The molecule has 0 atom stereocenters. The molecule has 8 nitrogen and oxygen atoms in total. The van der Waals surface area contributed by atoms with Crippen LogP contribution in [0.15, 0.2) is 67.0 Å². The molecule has 36 heavy (non-hydrogen) atoms. The number of halogens is 2. The minimum Gasteiger partial charge on any atom is -0.438 e. The molecule has 0 aliphatic heterocycles. The van der Waals surface area contributed by atoms with Gasteiger partial charge in [-0.2, -0.15) is 5.10 Å². The van der Waals surface area contributed by atoms with Crippen LogP contribution in [-0.2, 0) is 0 Å². The average Bonchev–Trinajstić information content (AvgIpc) is 3.31. The van der Waals surface area contributed by atoms with Crippen molar-refractivity contribution in [2.75, 3.05) is 0 Å². The fourth-order valence-corrected chi connectivity index (χ4v) is 4.78. The molecule has 1 fully saturated rings. The fraction of sp³-hybridized carbons (Fsp3) is 0.231. The van der Waals surface area contributed by atoms with Gasteiger partial charge in [0.15, 0.2) is 5.69 Å². The number of fused-ring (bicyclic) bond motifs is 1. The summed E-state index contributed by atoms with van der Waals surface area (Å²) in [5.74, 6) is -0.719. The molecule has 2 N–H and O–H groups in total. The summed E-state index contributed by atoms with van der Waals surface area (Å²) < 4.78 is 22.3. The van der Waals surface area contributed by atoms with E-state index in [9.17, 15) is 14.0 Å². The molecule has 0 radical (unpaired) electrons. The monoisotopic (exact) mass is 599 g/mol. The highest BCUT2D eigenvalue weighted by Crippen LogP contribution is 2.26. The molecule has 1 aliphatic carbocycles. The van der Waals surface area contributed by atoms with Gasteiger partial charge in [-0.05, 0) is 90.7 Å². The van der Waals surface area contributed by atoms with E-state index >= 15 is 0 Å². The number of rotatable bonds is 6. The van der Waals surface area contributed by atoms with E-state index in [0.717, 1.165) is 21.4 Å². The summed E-state index contributed by atoms with van der Waals surface area (Å²) in [6, 6.07) is 15.7. The molecule has 0 bridgehead atoms. The Balaban J connectivity index is 1.18. The first-order valence-corrected chi connectivity index (χ1v) is 12.7. The maximum absolute atomic E-state index is 13.9. The van der Waals surface area contributed by atoms with Gasteiger partial charge in [0, 0.05) is 21.9 Å². The van der Waals surface area contributed by atoms with Crippen LogP contribution in [0, 0.1) is 9.39 Å². The fourth-order valence-electron chi connectivity index (χ4n) is 4.27. The first-order chi connectivity index (χ1) is 17.4. The Bertz CT molecular complexity index is 1380. The van der Waals surface area contributed by atoms with E-state index in [1.165, 1.54) is 0 Å². The van der Waals surface area contributed by atoms with Gasteiger partial charge in [0.25, 0.3) is 11.8 Å². The number of ether oxygens (including phenoxy) is 1. The molecule has 4 aromatic rings. The van der Waals surface area contributed by atoms with Crippen molar-refractivity contribution in [2.24, 2.45) is 0 Å². The molecule has 2 amide bonds. The van der Waals surface area contributed by atoms with Crippen molar-refractivity contribution in [3.63, 3.8) is 0 Å². The summed E-state index contributed by atoms with van der Waals surface area (Å²) >= 11 is 2.16. The van der Waals surface area contributed by atoms with Crippen molar-refractivity contribution in [1.29, 1.82) is 0 Å². The van der Waals surface area contributed by atoms with Crippen LogP contribution in [0.2, 0.25) is 0 Å². The third-order valence-corrected chi connectivity index (χ3v) is 6.74. The van der Waals surface area contributed by atoms with Gasteiger partial charge in [-0.1, -0.05) is 12.1 Å². The maximum Gasteiger partial charge on any atom is 0.272 e. The second kappa shape index (κ2) is 10.6. The molecule has 3 heterocycles. The number of hydrogen-bond donors (Lipinski definition) is 2. The minimum absolute atomic E-state index is 0.00857. The zero-order chi connectivity index (χ0) is 25.1. The van der Waals surface area contributed by atoms with Crippen LogP contribution < -0.4 is 15.4 Å². The van der Waals surface area contributed by atoms with Gasteiger partial charge in [-0.3, -0.25) is 9.59 Å². The van der Waals surface area contributed by atoms with Crippen molar-refractivity contribution in [1.82, 2.24) is 25.2 Å². The van der Waals surface area contributed by atoms with E-state index in [1.54, 1.807) is 28.9 Å². The number of carbonyl (C=O) groups is 2. The van der Waals surface area contributed by atoms with Crippen molar-refractivity contribution < 1.29 is 18.7 Å². The average molecular weight is 599 g/mol. The number of benzene rings is 1. The summed E-state index contributed by atoms with van der Waals surface area (Å²) in [6.07, 6.45) is 5.59. The number of nitrogens with one attached hydrogen (secondary N) is 2. The lowest BCUT2D eigenvalue weighted by molar-refractivity contribution is 0.0887. The second-order valence-corrected chi connectivity index (χ2v) is 9.91. The van der Waals surface area contributed by atoms with Gasteiger partial charge >= 0.3 is 0 Å². The topological polar surface area (TPSA) is 97.6 Å². The van der Waals surface area contributed by atoms with Crippen LogP contribution in [-0.4, -0.2) is 38.5 Å². The van der Waals surface area contributed by atoms with Gasteiger partial charge in [0.1, 0.15) is 17.1 Å². The summed E-state index contributed by atoms with van der Waals surface area (Å²) in [6.45, 7) is 0. The third-order valence-electron chi connectivity index (χ3n) is 6.07.